The van der Waals surface area contributed by atoms with Gasteiger partial charge in [-0.15, -0.1) is 54.1 Å². The Hall–Kier alpha value is -4.68. The Bertz CT molecular complexity index is 2440. The summed E-state index contributed by atoms with van der Waals surface area (Å²) in [4.78, 5) is 13.9. The second-order valence-corrected chi connectivity index (χ2v) is 18.2. The summed E-state index contributed by atoms with van der Waals surface area (Å²) in [6, 6.07) is 42.5. The van der Waals surface area contributed by atoms with Crippen molar-refractivity contribution < 1.29 is 27.3 Å². The molecule has 0 saturated carbocycles. The number of nitrogens with zero attached hydrogens (tertiary/aromatic N) is 4. The molecular weight excluding hydrogens is 797 g/mol. The summed E-state index contributed by atoms with van der Waals surface area (Å²) in [7, 11) is -1.54. The average Bonchev–Trinajstić information content (AvgIpc) is 3.71. The van der Waals surface area contributed by atoms with Gasteiger partial charge in [0.25, 0.3) is 0 Å². The molecule has 0 saturated heterocycles. The Morgan fingerprint density at radius 2 is 1.61 bits per heavy atom. The van der Waals surface area contributed by atoms with Crippen molar-refractivity contribution in [1.82, 2.24) is 19.5 Å². The molecule has 0 fully saturated rings. The van der Waals surface area contributed by atoms with Crippen LogP contribution in [0.25, 0.3) is 61.4 Å². The molecule has 8 rings (SSSR count). The maximum atomic E-state index is 8.54. The van der Waals surface area contributed by atoms with E-state index < -0.39 is 14.4 Å². The van der Waals surface area contributed by atoms with E-state index in [-0.39, 0.29) is 26.0 Å². The largest absolute Gasteiger partial charge is 0.486 e. The number of hydrogen-bond donors (Lipinski definition) is 0. The Morgan fingerprint density at radius 1 is 0.837 bits per heavy atom. The second kappa shape index (κ2) is 14.4. The van der Waals surface area contributed by atoms with Gasteiger partial charge in [-0.3, -0.25) is 4.98 Å². The fourth-order valence-corrected chi connectivity index (χ4v) is 6.85. The Balaban J connectivity index is 0.000000178. The van der Waals surface area contributed by atoms with Crippen molar-refractivity contribution in [1.29, 1.82) is 0 Å². The predicted molar refractivity (Wildman–Crippen MR) is 200 cm³/mol. The number of imidazole rings is 1. The molecule has 8 aromatic rings. The van der Waals surface area contributed by atoms with Crippen LogP contribution in [0.5, 0.6) is 0 Å². The SMILES string of the molecule is [2H]C([2H])(c1cc([Si](C)(C)C)cnc1-c1[c-]cccc1)C(C)C.[Ir].[c-]1ccc2c(oc3ncccc32)c1-c1nc2ccccc2n1-c1ccccc1. The van der Waals surface area contributed by atoms with Crippen LogP contribution in [-0.2, 0) is 26.5 Å². The molecule has 0 aliphatic heterocycles. The molecule has 0 unspecified atom stereocenters. The number of furan rings is 1. The van der Waals surface area contributed by atoms with Crippen molar-refractivity contribution in [2.45, 2.75) is 39.9 Å². The predicted octanol–water partition coefficient (Wildman–Crippen LogP) is 10.1. The Kier molecular flexibility index (Phi) is 9.30. The minimum Gasteiger partial charge on any atom is -0.486 e. The Labute approximate surface area is 305 Å². The zero-order valence-corrected chi connectivity index (χ0v) is 31.5. The fourth-order valence-electron chi connectivity index (χ4n) is 5.83. The van der Waals surface area contributed by atoms with Crippen molar-refractivity contribution in [3.05, 3.63) is 139 Å². The van der Waals surface area contributed by atoms with Gasteiger partial charge in [-0.05, 0) is 59.6 Å². The molecule has 247 valence electrons. The standard InChI is InChI=1S/C24H14N3O.C18H24NSi.Ir/c1-2-8-16(9-3-1)27-21-14-5-4-13-20(21)26-23(27)19-11-6-10-17-18-12-7-15-25-24(18)28-22(17)19;1-14(2)11-16-12-17(20(3,4)5)13-19-18(16)15-9-7-6-8-10-15;/h1-10,12-15H;6-9,12-14H,11H2,1-5H3;/q2*-1;/i;11D2;. The molecule has 0 atom stereocenters. The van der Waals surface area contributed by atoms with Crippen LogP contribution in [0.2, 0.25) is 19.6 Å². The number of fused-ring (bicyclic) bond motifs is 4. The van der Waals surface area contributed by atoms with E-state index in [0.717, 1.165) is 50.0 Å². The van der Waals surface area contributed by atoms with Gasteiger partial charge in [0, 0.05) is 46.3 Å². The summed E-state index contributed by atoms with van der Waals surface area (Å²) in [6.07, 6.45) is 2.25. The number of rotatable bonds is 6. The van der Waals surface area contributed by atoms with Gasteiger partial charge in [0.15, 0.2) is 0 Å². The first kappa shape index (κ1) is 31.6. The average molecular weight is 837 g/mol. The van der Waals surface area contributed by atoms with Gasteiger partial charge in [0.1, 0.15) is 0 Å². The molecule has 7 heteroatoms. The van der Waals surface area contributed by atoms with Gasteiger partial charge < -0.3 is 14.0 Å². The van der Waals surface area contributed by atoms with Crippen LogP contribution in [0, 0.1) is 18.1 Å². The third-order valence-corrected chi connectivity index (χ3v) is 10.2. The number of pyridine rings is 2. The Morgan fingerprint density at radius 3 is 2.37 bits per heavy atom. The quantitative estimate of drug-likeness (QED) is 0.124. The topological polar surface area (TPSA) is 56.7 Å². The second-order valence-electron chi connectivity index (χ2n) is 13.1. The van der Waals surface area contributed by atoms with Crippen LogP contribution >= 0.6 is 0 Å². The summed E-state index contributed by atoms with van der Waals surface area (Å²) in [5, 5.41) is 3.20. The van der Waals surface area contributed by atoms with E-state index in [1.807, 2.05) is 111 Å². The molecule has 0 bridgehead atoms. The molecule has 5 nitrogen and oxygen atoms in total. The fraction of sp³-hybridized carbons (Fsp3) is 0.167. The maximum Gasteiger partial charge on any atom is 0.216 e. The monoisotopic (exact) mass is 837 g/mol. The molecule has 49 heavy (non-hydrogen) atoms. The zero-order chi connectivity index (χ0) is 35.0. The van der Waals surface area contributed by atoms with E-state index in [4.69, 9.17) is 12.1 Å². The number of hydrogen-bond acceptors (Lipinski definition) is 4. The van der Waals surface area contributed by atoms with Crippen LogP contribution in [0.15, 0.2) is 126 Å². The van der Waals surface area contributed by atoms with Crippen LogP contribution in [0.3, 0.4) is 0 Å². The molecule has 4 aromatic carbocycles. The molecule has 0 spiro atoms. The van der Waals surface area contributed by atoms with E-state index in [9.17, 15) is 0 Å². The number of aromatic nitrogens is 4. The van der Waals surface area contributed by atoms with Crippen LogP contribution in [0.1, 0.15) is 22.2 Å². The van der Waals surface area contributed by atoms with Gasteiger partial charge in [0.2, 0.25) is 5.71 Å². The first-order valence-electron chi connectivity index (χ1n) is 17.2. The van der Waals surface area contributed by atoms with Crippen molar-refractivity contribution in [3.8, 4) is 28.3 Å². The first-order valence-corrected chi connectivity index (χ1v) is 19.7. The third-order valence-electron chi connectivity index (χ3n) is 8.17. The van der Waals surface area contributed by atoms with Gasteiger partial charge in [-0.1, -0.05) is 86.4 Å². The smallest absolute Gasteiger partial charge is 0.216 e. The molecule has 4 heterocycles. The number of para-hydroxylation sites is 3. The van der Waals surface area contributed by atoms with Crippen molar-refractivity contribution >= 4 is 46.4 Å². The van der Waals surface area contributed by atoms with Crippen LogP contribution < -0.4 is 5.19 Å². The minimum atomic E-state index is -1.54. The van der Waals surface area contributed by atoms with E-state index >= 15 is 0 Å². The third kappa shape index (κ3) is 7.06. The number of benzene rings is 4. The molecule has 1 radical (unpaired) electrons. The summed E-state index contributed by atoms with van der Waals surface area (Å²) >= 11 is 0. The molecule has 0 N–H and O–H groups in total. The molecule has 0 aliphatic carbocycles. The summed E-state index contributed by atoms with van der Waals surface area (Å²) in [5.41, 5.74) is 7.48. The summed E-state index contributed by atoms with van der Waals surface area (Å²) < 4.78 is 25.4. The van der Waals surface area contributed by atoms with E-state index in [1.54, 1.807) is 6.20 Å². The summed E-state index contributed by atoms with van der Waals surface area (Å²) in [5.74, 6) is 0.686. The molecular formula is C42H38IrN4OSi-2. The first-order chi connectivity index (χ1) is 24.0. The van der Waals surface area contributed by atoms with Crippen molar-refractivity contribution in [2.75, 3.05) is 0 Å². The molecule has 4 aromatic heterocycles. The van der Waals surface area contributed by atoms with E-state index in [1.165, 1.54) is 5.19 Å². The van der Waals surface area contributed by atoms with E-state index in [0.29, 0.717) is 17.0 Å². The van der Waals surface area contributed by atoms with Gasteiger partial charge in [-0.2, -0.15) is 0 Å². The van der Waals surface area contributed by atoms with Gasteiger partial charge in [-0.25, -0.2) is 4.98 Å². The molecule has 0 aliphatic rings. The van der Waals surface area contributed by atoms with Crippen molar-refractivity contribution in [3.63, 3.8) is 0 Å². The normalized spacial score (nSPS) is 12.4. The minimum absolute atomic E-state index is 0. The van der Waals surface area contributed by atoms with Crippen LogP contribution in [-0.4, -0.2) is 27.6 Å². The summed E-state index contributed by atoms with van der Waals surface area (Å²) in [6.45, 7) is 10.6. The molecule has 0 amide bonds. The van der Waals surface area contributed by atoms with Gasteiger partial charge in [0.05, 0.1) is 30.5 Å². The zero-order valence-electron chi connectivity index (χ0n) is 30.2. The van der Waals surface area contributed by atoms with Gasteiger partial charge >= 0.3 is 0 Å². The van der Waals surface area contributed by atoms with Crippen molar-refractivity contribution in [2.24, 2.45) is 5.92 Å². The van der Waals surface area contributed by atoms with E-state index in [2.05, 4.69) is 64.5 Å². The maximum absolute atomic E-state index is 8.54. The van der Waals surface area contributed by atoms with Crippen LogP contribution in [0.4, 0.5) is 0 Å².